The Morgan fingerprint density at radius 1 is 1.09 bits per heavy atom. The molecule has 1 atom stereocenters. The van der Waals surface area contributed by atoms with Crippen molar-refractivity contribution in [3.63, 3.8) is 0 Å². The third-order valence-electron chi connectivity index (χ3n) is 2.91. The minimum absolute atomic E-state index is 0.127. The number of hydrogen-bond donors (Lipinski definition) is 2. The second-order valence-corrected chi connectivity index (χ2v) is 4.51. The monoisotopic (exact) mass is 331 g/mol. The van der Waals surface area contributed by atoms with Crippen LogP contribution in [0.3, 0.4) is 0 Å². The van der Waals surface area contributed by atoms with E-state index in [1.165, 1.54) is 19.1 Å². The van der Waals surface area contributed by atoms with Gasteiger partial charge in [-0.05, 0) is 42.8 Å². The van der Waals surface area contributed by atoms with Crippen LogP contribution in [0.1, 0.15) is 31.2 Å². The molecule has 126 valence electrons. The summed E-state index contributed by atoms with van der Waals surface area (Å²) in [6.07, 6.45) is -7.62. The summed E-state index contributed by atoms with van der Waals surface area (Å²) >= 11 is 0. The van der Waals surface area contributed by atoms with Crippen LogP contribution in [0.15, 0.2) is 30.3 Å². The number of aromatic nitrogens is 1. The molecule has 1 heterocycles. The first kappa shape index (κ1) is 18.9. The summed E-state index contributed by atoms with van der Waals surface area (Å²) in [7, 11) is 0. The van der Waals surface area contributed by atoms with Gasteiger partial charge in [0, 0.05) is 5.56 Å². The van der Waals surface area contributed by atoms with Gasteiger partial charge >= 0.3 is 6.18 Å². The average Bonchev–Trinajstić information content (AvgIpc) is 2.51. The van der Waals surface area contributed by atoms with Crippen molar-refractivity contribution in [1.82, 2.24) is 4.98 Å². The van der Waals surface area contributed by atoms with E-state index >= 15 is 0 Å². The molecule has 0 radical (unpaired) electrons. The first-order valence-corrected chi connectivity index (χ1v) is 6.91. The van der Waals surface area contributed by atoms with Crippen molar-refractivity contribution in [1.29, 1.82) is 0 Å². The number of rotatable bonds is 2. The smallest absolute Gasteiger partial charge is 0.420 e. The number of aliphatic hydroxyl groups excluding tert-OH is 1. The van der Waals surface area contributed by atoms with Gasteiger partial charge in [-0.25, -0.2) is 9.37 Å². The minimum atomic E-state index is -4.86. The molecule has 1 unspecified atom stereocenters. The zero-order valence-corrected chi connectivity index (χ0v) is 12.8. The van der Waals surface area contributed by atoms with Gasteiger partial charge in [0.2, 0.25) is 0 Å². The van der Waals surface area contributed by atoms with E-state index in [-0.39, 0.29) is 22.6 Å². The Morgan fingerprint density at radius 2 is 1.61 bits per heavy atom. The number of nitrogens with zero attached hydrogens (tertiary/aromatic N) is 1. The average molecular weight is 331 g/mol. The van der Waals surface area contributed by atoms with Gasteiger partial charge in [-0.1, -0.05) is 13.8 Å². The van der Waals surface area contributed by atoms with Crippen LogP contribution in [-0.2, 0) is 0 Å². The van der Waals surface area contributed by atoms with E-state index in [4.69, 9.17) is 0 Å². The molecule has 0 amide bonds. The number of halogens is 4. The normalized spacial score (nSPS) is 12.3. The van der Waals surface area contributed by atoms with Crippen LogP contribution in [0.4, 0.5) is 17.6 Å². The summed E-state index contributed by atoms with van der Waals surface area (Å²) < 4.78 is 50.5. The first-order valence-electron chi connectivity index (χ1n) is 6.91. The van der Waals surface area contributed by atoms with Crippen molar-refractivity contribution in [2.24, 2.45) is 0 Å². The van der Waals surface area contributed by atoms with Crippen LogP contribution in [-0.4, -0.2) is 21.4 Å². The molecule has 0 aliphatic carbocycles. The Balaban J connectivity index is 0.00000127. The molecule has 0 bridgehead atoms. The summed E-state index contributed by atoms with van der Waals surface area (Å²) in [5.74, 6) is -0.846. The molecule has 2 aromatic rings. The summed E-state index contributed by atoms with van der Waals surface area (Å²) in [5.41, 5.74) is -0.402. The molecule has 0 fully saturated rings. The number of hydrogen-bond acceptors (Lipinski definition) is 3. The van der Waals surface area contributed by atoms with Crippen molar-refractivity contribution in [3.05, 3.63) is 47.4 Å². The predicted octanol–water partition coefficient (Wildman–Crippen LogP) is 4.52. The molecular weight excluding hydrogens is 314 g/mol. The topological polar surface area (TPSA) is 53.4 Å². The highest BCUT2D eigenvalue weighted by atomic mass is 19.4. The lowest BCUT2D eigenvalue weighted by atomic mass is 10.1. The SMILES string of the molecule is CC.Cc1cc(C(O)C(F)(F)F)nc(-c2ccc(F)cc2)c1O. The van der Waals surface area contributed by atoms with E-state index in [9.17, 15) is 27.8 Å². The maximum Gasteiger partial charge on any atom is 0.420 e. The molecule has 23 heavy (non-hydrogen) atoms. The predicted molar refractivity (Wildman–Crippen MR) is 78.4 cm³/mol. The second kappa shape index (κ2) is 7.41. The van der Waals surface area contributed by atoms with Crippen LogP contribution in [0.5, 0.6) is 5.75 Å². The van der Waals surface area contributed by atoms with E-state index in [1.807, 2.05) is 13.8 Å². The van der Waals surface area contributed by atoms with Gasteiger partial charge in [0.1, 0.15) is 17.3 Å². The van der Waals surface area contributed by atoms with E-state index in [0.29, 0.717) is 0 Å². The van der Waals surface area contributed by atoms with Gasteiger partial charge in [0.05, 0.1) is 5.69 Å². The molecule has 3 nitrogen and oxygen atoms in total. The molecule has 0 saturated heterocycles. The zero-order valence-electron chi connectivity index (χ0n) is 12.8. The van der Waals surface area contributed by atoms with Gasteiger partial charge in [-0.2, -0.15) is 13.2 Å². The highest BCUT2D eigenvalue weighted by Gasteiger charge is 2.40. The van der Waals surface area contributed by atoms with Crippen LogP contribution in [0.2, 0.25) is 0 Å². The van der Waals surface area contributed by atoms with Gasteiger partial charge in [-0.3, -0.25) is 0 Å². The molecule has 0 spiro atoms. The van der Waals surface area contributed by atoms with Gasteiger partial charge < -0.3 is 10.2 Å². The van der Waals surface area contributed by atoms with E-state index < -0.39 is 23.8 Å². The minimum Gasteiger partial charge on any atom is -0.505 e. The van der Waals surface area contributed by atoms with Gasteiger partial charge in [-0.15, -0.1) is 0 Å². The Hall–Kier alpha value is -2.15. The lowest BCUT2D eigenvalue weighted by Crippen LogP contribution is -2.21. The number of pyridine rings is 1. The molecule has 0 aliphatic heterocycles. The number of aromatic hydroxyl groups is 1. The number of aryl methyl sites for hydroxylation is 1. The summed E-state index contributed by atoms with van der Waals surface area (Å²) in [4.78, 5) is 3.66. The Bertz CT molecular complexity index is 654. The summed E-state index contributed by atoms with van der Waals surface area (Å²) in [6.45, 7) is 5.39. The largest absolute Gasteiger partial charge is 0.505 e. The van der Waals surface area contributed by atoms with E-state index in [0.717, 1.165) is 18.2 Å². The Labute approximate surface area is 131 Å². The third-order valence-corrected chi connectivity index (χ3v) is 2.91. The first-order chi connectivity index (χ1) is 10.7. The molecule has 1 aromatic carbocycles. The molecule has 1 aromatic heterocycles. The van der Waals surface area contributed by atoms with Crippen molar-refractivity contribution in [2.45, 2.75) is 33.1 Å². The van der Waals surface area contributed by atoms with Gasteiger partial charge in [0.15, 0.2) is 6.10 Å². The number of alkyl halides is 3. The Kier molecular flexibility index (Phi) is 6.09. The highest BCUT2D eigenvalue weighted by molar-refractivity contribution is 5.67. The lowest BCUT2D eigenvalue weighted by molar-refractivity contribution is -0.207. The fourth-order valence-corrected chi connectivity index (χ4v) is 1.81. The molecule has 2 rings (SSSR count). The fourth-order valence-electron chi connectivity index (χ4n) is 1.81. The third kappa shape index (κ3) is 4.41. The van der Waals surface area contributed by atoms with Crippen LogP contribution in [0.25, 0.3) is 11.3 Å². The molecule has 2 N–H and O–H groups in total. The van der Waals surface area contributed by atoms with Crippen molar-refractivity contribution >= 4 is 0 Å². The maximum atomic E-state index is 12.9. The van der Waals surface area contributed by atoms with Crippen molar-refractivity contribution in [2.75, 3.05) is 0 Å². The molecule has 7 heteroatoms. The van der Waals surface area contributed by atoms with Crippen LogP contribution >= 0.6 is 0 Å². The standard InChI is InChI=1S/C14H11F4NO2.C2H6/c1-7-6-10(13(21)14(16,17)18)19-11(12(7)20)8-2-4-9(15)5-3-8;1-2/h2-6,13,20-21H,1H3;1-2H3. The number of benzene rings is 1. The van der Waals surface area contributed by atoms with E-state index in [1.54, 1.807) is 0 Å². The lowest BCUT2D eigenvalue weighted by Gasteiger charge is -2.16. The fraction of sp³-hybridized carbons (Fsp3) is 0.312. The van der Waals surface area contributed by atoms with Crippen molar-refractivity contribution in [3.8, 4) is 17.0 Å². The van der Waals surface area contributed by atoms with Crippen LogP contribution in [0, 0.1) is 12.7 Å². The number of aliphatic hydroxyl groups is 1. The summed E-state index contributed by atoms with van der Waals surface area (Å²) in [6, 6.07) is 5.71. The zero-order chi connectivity index (χ0) is 17.8. The Morgan fingerprint density at radius 3 is 2.09 bits per heavy atom. The molecule has 0 saturated carbocycles. The van der Waals surface area contributed by atoms with E-state index in [2.05, 4.69) is 4.98 Å². The quantitative estimate of drug-likeness (QED) is 0.795. The van der Waals surface area contributed by atoms with Crippen molar-refractivity contribution < 1.29 is 27.8 Å². The second-order valence-electron chi connectivity index (χ2n) is 4.51. The molecular formula is C16H17F4NO2. The maximum absolute atomic E-state index is 12.9. The van der Waals surface area contributed by atoms with Crippen LogP contribution < -0.4 is 0 Å². The molecule has 0 aliphatic rings. The van der Waals surface area contributed by atoms with Gasteiger partial charge in [0.25, 0.3) is 0 Å². The summed E-state index contributed by atoms with van der Waals surface area (Å²) in [5, 5.41) is 19.2. The highest BCUT2D eigenvalue weighted by Crippen LogP contribution is 2.36.